The first-order valence-corrected chi connectivity index (χ1v) is 7.10. The van der Waals surface area contributed by atoms with E-state index < -0.39 is 17.2 Å². The van der Waals surface area contributed by atoms with E-state index in [1.54, 1.807) is 0 Å². The summed E-state index contributed by atoms with van der Waals surface area (Å²) in [7, 11) is 0. The maximum Gasteiger partial charge on any atom is 0.335 e. The second-order valence-electron chi connectivity index (χ2n) is 5.19. The average Bonchev–Trinajstić information content (AvgIpc) is 2.55. The topological polar surface area (TPSA) is 92.2 Å². The van der Waals surface area contributed by atoms with Gasteiger partial charge < -0.3 is 10.1 Å². The number of nitrogens with zero attached hydrogens (tertiary/aromatic N) is 1. The fraction of sp³-hybridized carbons (Fsp3) is 0.118. The van der Waals surface area contributed by atoms with Crippen molar-refractivity contribution >= 4 is 16.9 Å². The molecule has 6 heteroatoms. The van der Waals surface area contributed by atoms with Crippen molar-refractivity contribution in [3.63, 3.8) is 0 Å². The molecule has 3 rings (SSSR count). The maximum absolute atomic E-state index is 12.5. The fourth-order valence-corrected chi connectivity index (χ4v) is 2.47. The number of H-pyrrole nitrogens is 1. The van der Waals surface area contributed by atoms with Crippen LogP contribution in [0.25, 0.3) is 10.9 Å². The third-order valence-electron chi connectivity index (χ3n) is 3.70. The largest absolute Gasteiger partial charge is 0.478 e. The molecule has 0 aliphatic rings. The lowest BCUT2D eigenvalue weighted by molar-refractivity contribution is 0.0697. The van der Waals surface area contributed by atoms with E-state index in [4.69, 9.17) is 5.11 Å². The van der Waals surface area contributed by atoms with Gasteiger partial charge in [-0.15, -0.1) is 0 Å². The molecular weight excluding hydrogens is 296 g/mol. The van der Waals surface area contributed by atoms with Crippen molar-refractivity contribution in [2.24, 2.45) is 0 Å². The molecule has 0 unspecified atom stereocenters. The molecule has 0 amide bonds. The van der Waals surface area contributed by atoms with Crippen LogP contribution in [0.1, 0.15) is 15.9 Å². The second kappa shape index (κ2) is 5.92. The number of hydrogen-bond acceptors (Lipinski definition) is 3. The number of hydrogen-bond donors (Lipinski definition) is 2. The van der Waals surface area contributed by atoms with Crippen molar-refractivity contribution in [3.8, 4) is 0 Å². The van der Waals surface area contributed by atoms with E-state index in [0.717, 1.165) is 10.1 Å². The van der Waals surface area contributed by atoms with Crippen molar-refractivity contribution < 1.29 is 9.90 Å². The maximum atomic E-state index is 12.5. The number of rotatable bonds is 4. The minimum absolute atomic E-state index is 0.0104. The highest BCUT2D eigenvalue weighted by molar-refractivity contribution is 5.92. The second-order valence-corrected chi connectivity index (χ2v) is 5.19. The predicted molar refractivity (Wildman–Crippen MR) is 85.9 cm³/mol. The molecule has 0 radical (unpaired) electrons. The van der Waals surface area contributed by atoms with Crippen molar-refractivity contribution in [1.82, 2.24) is 9.55 Å². The van der Waals surface area contributed by atoms with Crippen molar-refractivity contribution in [2.45, 2.75) is 13.0 Å². The molecule has 2 N–H and O–H groups in total. The van der Waals surface area contributed by atoms with Gasteiger partial charge in [-0.1, -0.05) is 30.3 Å². The molecule has 1 aromatic heterocycles. The van der Waals surface area contributed by atoms with Gasteiger partial charge in [-0.25, -0.2) is 9.59 Å². The van der Waals surface area contributed by atoms with Gasteiger partial charge in [0, 0.05) is 6.54 Å². The summed E-state index contributed by atoms with van der Waals surface area (Å²) in [6.07, 6.45) is 0.536. The summed E-state index contributed by atoms with van der Waals surface area (Å²) in [4.78, 5) is 38.2. The van der Waals surface area contributed by atoms with E-state index in [1.165, 1.54) is 18.2 Å². The zero-order valence-electron chi connectivity index (χ0n) is 12.2. The van der Waals surface area contributed by atoms with Crippen LogP contribution in [0.5, 0.6) is 0 Å². The first-order chi connectivity index (χ1) is 11.1. The number of aryl methyl sites for hydroxylation is 1. The van der Waals surface area contributed by atoms with Gasteiger partial charge >= 0.3 is 11.7 Å². The number of carbonyl (C=O) groups is 1. The molecular formula is C17H14N2O4. The Morgan fingerprint density at radius 2 is 1.83 bits per heavy atom. The van der Waals surface area contributed by atoms with Gasteiger partial charge in [0.1, 0.15) is 0 Å². The highest BCUT2D eigenvalue weighted by atomic mass is 16.4. The van der Waals surface area contributed by atoms with Crippen molar-refractivity contribution in [3.05, 3.63) is 80.5 Å². The van der Waals surface area contributed by atoms with Crippen LogP contribution in [-0.2, 0) is 13.0 Å². The molecule has 0 bridgehead atoms. The molecule has 1 heterocycles. The number of benzene rings is 2. The van der Waals surface area contributed by atoms with Crippen LogP contribution in [0, 0.1) is 0 Å². The standard InChI is InChI=1S/C17H14N2O4/c20-15-13-10-12(16(21)22)6-7-14(13)18-17(23)19(15)9-8-11-4-2-1-3-5-11/h1-7,10H,8-9H2,(H,18,23)(H,21,22). The van der Waals surface area contributed by atoms with Crippen LogP contribution >= 0.6 is 0 Å². The molecule has 116 valence electrons. The number of fused-ring (bicyclic) bond motifs is 1. The number of aromatic amines is 1. The summed E-state index contributed by atoms with van der Waals surface area (Å²) in [6, 6.07) is 13.6. The third-order valence-corrected chi connectivity index (χ3v) is 3.70. The predicted octanol–water partition coefficient (Wildman–Crippen LogP) is 1.63. The van der Waals surface area contributed by atoms with E-state index in [0.29, 0.717) is 11.9 Å². The monoisotopic (exact) mass is 310 g/mol. The molecule has 2 aromatic carbocycles. The molecule has 0 saturated heterocycles. The molecule has 0 saturated carbocycles. The Hall–Kier alpha value is -3.15. The number of carboxylic acids is 1. The molecule has 3 aromatic rings. The summed E-state index contributed by atoms with van der Waals surface area (Å²) in [5, 5.41) is 9.22. The van der Waals surface area contributed by atoms with Crippen molar-refractivity contribution in [2.75, 3.05) is 0 Å². The van der Waals surface area contributed by atoms with Crippen LogP contribution < -0.4 is 11.2 Å². The first-order valence-electron chi connectivity index (χ1n) is 7.10. The number of nitrogens with one attached hydrogen (secondary N) is 1. The average molecular weight is 310 g/mol. The minimum atomic E-state index is -1.12. The van der Waals surface area contributed by atoms with Crippen LogP contribution in [-0.4, -0.2) is 20.6 Å². The summed E-state index contributed by atoms with van der Waals surface area (Å²) in [5.74, 6) is -1.12. The van der Waals surface area contributed by atoms with E-state index in [2.05, 4.69) is 4.98 Å². The lowest BCUT2D eigenvalue weighted by Crippen LogP contribution is -2.35. The van der Waals surface area contributed by atoms with Crippen LogP contribution in [0.3, 0.4) is 0 Å². The first kappa shape index (κ1) is 14.8. The lowest BCUT2D eigenvalue weighted by atomic mass is 10.1. The molecule has 6 nitrogen and oxygen atoms in total. The zero-order chi connectivity index (χ0) is 16.4. The van der Waals surface area contributed by atoms with Gasteiger partial charge in [0.05, 0.1) is 16.5 Å². The summed E-state index contributed by atoms with van der Waals surface area (Å²) in [5.41, 5.74) is 0.375. The molecule has 0 aliphatic heterocycles. The van der Waals surface area contributed by atoms with E-state index in [1.807, 2.05) is 30.3 Å². The van der Waals surface area contributed by atoms with Gasteiger partial charge in [0.15, 0.2) is 0 Å². The zero-order valence-corrected chi connectivity index (χ0v) is 12.2. The van der Waals surface area contributed by atoms with Gasteiger partial charge in [-0.05, 0) is 30.2 Å². The number of aromatic nitrogens is 2. The summed E-state index contributed by atoms with van der Waals surface area (Å²) < 4.78 is 1.10. The molecule has 0 aliphatic carbocycles. The van der Waals surface area contributed by atoms with Gasteiger partial charge in [-0.2, -0.15) is 0 Å². The summed E-state index contributed by atoms with van der Waals surface area (Å²) >= 11 is 0. The highest BCUT2D eigenvalue weighted by Crippen LogP contribution is 2.09. The van der Waals surface area contributed by atoms with Gasteiger partial charge in [0.2, 0.25) is 0 Å². The summed E-state index contributed by atoms with van der Waals surface area (Å²) in [6.45, 7) is 0.228. The minimum Gasteiger partial charge on any atom is -0.478 e. The Morgan fingerprint density at radius 3 is 2.52 bits per heavy atom. The van der Waals surface area contributed by atoms with Crippen LogP contribution in [0.15, 0.2) is 58.1 Å². The van der Waals surface area contributed by atoms with Crippen molar-refractivity contribution in [1.29, 1.82) is 0 Å². The quantitative estimate of drug-likeness (QED) is 0.766. The Morgan fingerprint density at radius 1 is 1.09 bits per heavy atom. The number of aromatic carboxylic acids is 1. The van der Waals surface area contributed by atoms with Gasteiger partial charge in [-0.3, -0.25) is 9.36 Å². The molecule has 0 atom stereocenters. The fourth-order valence-electron chi connectivity index (χ4n) is 2.47. The normalized spacial score (nSPS) is 10.8. The molecule has 23 heavy (non-hydrogen) atoms. The Balaban J connectivity index is 2.04. The van der Waals surface area contributed by atoms with Gasteiger partial charge in [0.25, 0.3) is 5.56 Å². The smallest absolute Gasteiger partial charge is 0.335 e. The number of carboxylic acid groups (broad SMARTS) is 1. The van der Waals surface area contributed by atoms with E-state index in [-0.39, 0.29) is 17.5 Å². The lowest BCUT2D eigenvalue weighted by Gasteiger charge is -2.07. The Labute approximate surface area is 130 Å². The third kappa shape index (κ3) is 2.91. The van der Waals surface area contributed by atoms with E-state index >= 15 is 0 Å². The highest BCUT2D eigenvalue weighted by Gasteiger charge is 2.10. The Kier molecular flexibility index (Phi) is 3.80. The molecule has 0 fully saturated rings. The van der Waals surface area contributed by atoms with E-state index in [9.17, 15) is 14.4 Å². The van der Waals surface area contributed by atoms with Crippen LogP contribution in [0.4, 0.5) is 0 Å². The Bertz CT molecular complexity index is 987. The van der Waals surface area contributed by atoms with Crippen LogP contribution in [0.2, 0.25) is 0 Å². The molecule has 0 spiro atoms. The SMILES string of the molecule is O=C(O)c1ccc2[nH]c(=O)n(CCc3ccccc3)c(=O)c2c1.